The maximum Gasteiger partial charge on any atom is 0.0908 e. The SMILES string of the molecule is CNC1(c2ccccc2C)COC1. The van der Waals surface area contributed by atoms with Crippen LogP contribution in [0.15, 0.2) is 24.3 Å². The van der Waals surface area contributed by atoms with E-state index in [1.807, 2.05) is 7.05 Å². The lowest BCUT2D eigenvalue weighted by Crippen LogP contribution is -2.56. The van der Waals surface area contributed by atoms with Crippen LogP contribution < -0.4 is 5.32 Å². The summed E-state index contributed by atoms with van der Waals surface area (Å²) < 4.78 is 5.28. The van der Waals surface area contributed by atoms with Gasteiger partial charge in [0.2, 0.25) is 0 Å². The largest absolute Gasteiger partial charge is 0.377 e. The Bertz CT molecular complexity index is 299. The zero-order chi connectivity index (χ0) is 9.31. The zero-order valence-electron chi connectivity index (χ0n) is 8.13. The molecule has 0 unspecified atom stereocenters. The molecule has 1 saturated heterocycles. The fourth-order valence-electron chi connectivity index (χ4n) is 1.85. The quantitative estimate of drug-likeness (QED) is 0.738. The van der Waals surface area contributed by atoms with Crippen molar-refractivity contribution in [1.29, 1.82) is 0 Å². The average molecular weight is 177 g/mol. The Morgan fingerprint density at radius 2 is 2.00 bits per heavy atom. The molecule has 0 atom stereocenters. The summed E-state index contributed by atoms with van der Waals surface area (Å²) >= 11 is 0. The number of aryl methyl sites for hydroxylation is 1. The Hall–Kier alpha value is -0.860. The van der Waals surface area contributed by atoms with Gasteiger partial charge in [-0.05, 0) is 25.1 Å². The first-order chi connectivity index (χ1) is 6.28. The molecule has 0 aliphatic carbocycles. The topological polar surface area (TPSA) is 21.3 Å². The molecule has 2 rings (SSSR count). The van der Waals surface area contributed by atoms with Gasteiger partial charge in [-0.25, -0.2) is 0 Å². The molecular formula is C11H15NO. The minimum Gasteiger partial charge on any atom is -0.377 e. The summed E-state index contributed by atoms with van der Waals surface area (Å²) in [6.45, 7) is 3.72. The van der Waals surface area contributed by atoms with Crippen molar-refractivity contribution in [2.45, 2.75) is 12.5 Å². The van der Waals surface area contributed by atoms with Gasteiger partial charge in [0.15, 0.2) is 0 Å². The van der Waals surface area contributed by atoms with E-state index in [0.29, 0.717) is 0 Å². The maximum absolute atomic E-state index is 5.28. The molecule has 1 aromatic carbocycles. The molecule has 13 heavy (non-hydrogen) atoms. The predicted molar refractivity (Wildman–Crippen MR) is 52.7 cm³/mol. The Morgan fingerprint density at radius 3 is 2.46 bits per heavy atom. The van der Waals surface area contributed by atoms with E-state index in [9.17, 15) is 0 Å². The van der Waals surface area contributed by atoms with Crippen LogP contribution in [0, 0.1) is 6.92 Å². The molecule has 1 aliphatic rings. The molecule has 0 bridgehead atoms. The van der Waals surface area contributed by atoms with Crippen molar-refractivity contribution in [2.75, 3.05) is 20.3 Å². The lowest BCUT2D eigenvalue weighted by molar-refractivity contribution is -0.0750. The smallest absolute Gasteiger partial charge is 0.0908 e. The standard InChI is InChI=1S/C11H15NO/c1-9-5-3-4-6-10(9)11(12-2)7-13-8-11/h3-6,12H,7-8H2,1-2H3. The van der Waals surface area contributed by atoms with Crippen molar-refractivity contribution in [3.05, 3.63) is 35.4 Å². The van der Waals surface area contributed by atoms with Gasteiger partial charge in [-0.1, -0.05) is 24.3 Å². The van der Waals surface area contributed by atoms with Crippen LogP contribution in [0.5, 0.6) is 0 Å². The molecule has 0 spiro atoms. The second-order valence-corrected chi connectivity index (χ2v) is 3.64. The summed E-state index contributed by atoms with van der Waals surface area (Å²) in [5.41, 5.74) is 2.77. The number of hydrogen-bond acceptors (Lipinski definition) is 2. The van der Waals surface area contributed by atoms with Gasteiger partial charge in [-0.15, -0.1) is 0 Å². The van der Waals surface area contributed by atoms with Crippen LogP contribution in [0.25, 0.3) is 0 Å². The molecule has 1 aliphatic heterocycles. The van der Waals surface area contributed by atoms with Crippen LogP contribution in [-0.2, 0) is 10.3 Å². The minimum absolute atomic E-state index is 0.0747. The molecule has 2 heteroatoms. The average Bonchev–Trinajstić information content (AvgIpc) is 2.07. The van der Waals surface area contributed by atoms with E-state index >= 15 is 0 Å². The van der Waals surface area contributed by atoms with Crippen molar-refractivity contribution < 1.29 is 4.74 Å². The van der Waals surface area contributed by atoms with Crippen LogP contribution in [-0.4, -0.2) is 20.3 Å². The fraction of sp³-hybridized carbons (Fsp3) is 0.455. The Kier molecular flexibility index (Phi) is 2.10. The summed E-state index contributed by atoms with van der Waals surface area (Å²) in [5, 5.41) is 3.35. The second-order valence-electron chi connectivity index (χ2n) is 3.64. The first kappa shape index (κ1) is 8.73. The van der Waals surface area contributed by atoms with Gasteiger partial charge in [0.25, 0.3) is 0 Å². The van der Waals surface area contributed by atoms with E-state index in [0.717, 1.165) is 13.2 Å². The van der Waals surface area contributed by atoms with Crippen molar-refractivity contribution in [2.24, 2.45) is 0 Å². The zero-order valence-corrected chi connectivity index (χ0v) is 8.13. The molecule has 0 radical (unpaired) electrons. The number of hydrogen-bond donors (Lipinski definition) is 1. The monoisotopic (exact) mass is 177 g/mol. The molecule has 1 heterocycles. The van der Waals surface area contributed by atoms with Crippen LogP contribution >= 0.6 is 0 Å². The van der Waals surface area contributed by atoms with Gasteiger partial charge in [0, 0.05) is 0 Å². The molecule has 1 N–H and O–H groups in total. The first-order valence-corrected chi connectivity index (χ1v) is 4.61. The molecule has 1 fully saturated rings. The normalized spacial score (nSPS) is 19.5. The minimum atomic E-state index is 0.0747. The third kappa shape index (κ3) is 1.26. The van der Waals surface area contributed by atoms with Crippen LogP contribution in [0.3, 0.4) is 0 Å². The van der Waals surface area contributed by atoms with Gasteiger partial charge in [0.05, 0.1) is 18.8 Å². The van der Waals surface area contributed by atoms with Crippen LogP contribution in [0.1, 0.15) is 11.1 Å². The van der Waals surface area contributed by atoms with Gasteiger partial charge in [-0.2, -0.15) is 0 Å². The molecule has 0 aromatic heterocycles. The summed E-state index contributed by atoms with van der Waals surface area (Å²) in [6, 6.07) is 8.47. The van der Waals surface area contributed by atoms with Crippen molar-refractivity contribution in [3.63, 3.8) is 0 Å². The van der Waals surface area contributed by atoms with E-state index in [1.54, 1.807) is 0 Å². The number of nitrogens with one attached hydrogen (secondary N) is 1. The van der Waals surface area contributed by atoms with E-state index < -0.39 is 0 Å². The Balaban J connectivity index is 2.38. The molecule has 70 valence electrons. The number of ether oxygens (including phenoxy) is 1. The Morgan fingerprint density at radius 1 is 1.31 bits per heavy atom. The van der Waals surface area contributed by atoms with E-state index in [-0.39, 0.29) is 5.54 Å². The highest BCUT2D eigenvalue weighted by Gasteiger charge is 2.39. The third-order valence-corrected chi connectivity index (χ3v) is 2.84. The molecule has 0 amide bonds. The molecule has 2 nitrogen and oxygen atoms in total. The van der Waals surface area contributed by atoms with Gasteiger partial charge in [-0.3, -0.25) is 0 Å². The number of likely N-dealkylation sites (N-methyl/N-ethyl adjacent to an activating group) is 1. The summed E-state index contributed by atoms with van der Waals surface area (Å²) in [6.07, 6.45) is 0. The fourth-order valence-corrected chi connectivity index (χ4v) is 1.85. The molecular weight excluding hydrogens is 162 g/mol. The highest BCUT2D eigenvalue weighted by atomic mass is 16.5. The van der Waals surface area contributed by atoms with Crippen LogP contribution in [0.4, 0.5) is 0 Å². The van der Waals surface area contributed by atoms with Gasteiger partial charge in [0.1, 0.15) is 0 Å². The predicted octanol–water partition coefficient (Wildman–Crippen LogP) is 1.44. The third-order valence-electron chi connectivity index (χ3n) is 2.84. The summed E-state index contributed by atoms with van der Waals surface area (Å²) in [7, 11) is 2.00. The van der Waals surface area contributed by atoms with Crippen LogP contribution in [0.2, 0.25) is 0 Å². The first-order valence-electron chi connectivity index (χ1n) is 4.61. The van der Waals surface area contributed by atoms with Crippen molar-refractivity contribution >= 4 is 0 Å². The van der Waals surface area contributed by atoms with Crippen molar-refractivity contribution in [3.8, 4) is 0 Å². The van der Waals surface area contributed by atoms with E-state index in [4.69, 9.17) is 4.74 Å². The molecule has 1 aromatic rings. The summed E-state index contributed by atoms with van der Waals surface area (Å²) in [4.78, 5) is 0. The van der Waals surface area contributed by atoms with Crippen molar-refractivity contribution in [1.82, 2.24) is 5.32 Å². The Labute approximate surface area is 78.9 Å². The summed E-state index contributed by atoms with van der Waals surface area (Å²) in [5.74, 6) is 0. The maximum atomic E-state index is 5.28. The number of benzene rings is 1. The van der Waals surface area contributed by atoms with Gasteiger partial charge < -0.3 is 10.1 Å². The van der Waals surface area contributed by atoms with E-state index in [1.165, 1.54) is 11.1 Å². The lowest BCUT2D eigenvalue weighted by Gasteiger charge is -2.42. The highest BCUT2D eigenvalue weighted by Crippen LogP contribution is 2.30. The van der Waals surface area contributed by atoms with Gasteiger partial charge >= 0.3 is 0 Å². The molecule has 0 saturated carbocycles. The number of rotatable bonds is 2. The lowest BCUT2D eigenvalue weighted by atomic mass is 9.85. The highest BCUT2D eigenvalue weighted by molar-refractivity contribution is 5.34. The van der Waals surface area contributed by atoms with E-state index in [2.05, 4.69) is 36.5 Å². The second kappa shape index (κ2) is 3.13.